The summed E-state index contributed by atoms with van der Waals surface area (Å²) in [5.41, 5.74) is 2.41. The Labute approximate surface area is 117 Å². The van der Waals surface area contributed by atoms with Crippen LogP contribution in [0.4, 0.5) is 4.39 Å². The highest BCUT2D eigenvalue weighted by molar-refractivity contribution is 9.10. The van der Waals surface area contributed by atoms with Crippen molar-refractivity contribution in [3.8, 4) is 0 Å². The van der Waals surface area contributed by atoms with Crippen LogP contribution in [0.15, 0.2) is 34.3 Å². The van der Waals surface area contributed by atoms with E-state index in [1.54, 1.807) is 6.07 Å². The molecule has 1 nitrogen and oxygen atoms in total. The minimum absolute atomic E-state index is 0.150. The van der Waals surface area contributed by atoms with Crippen LogP contribution in [-0.4, -0.2) is 6.54 Å². The molecule has 0 fully saturated rings. The molecule has 1 unspecified atom stereocenters. The second-order valence-electron chi connectivity index (χ2n) is 4.70. The number of halogens is 2. The number of nitrogens with one attached hydrogen (secondary N) is 1. The second kappa shape index (κ2) is 6.48. The third-order valence-electron chi connectivity index (χ3n) is 3.34. The van der Waals surface area contributed by atoms with Gasteiger partial charge in [0.15, 0.2) is 0 Å². The van der Waals surface area contributed by atoms with E-state index in [2.05, 4.69) is 34.2 Å². The van der Waals surface area contributed by atoms with Crippen molar-refractivity contribution in [1.29, 1.82) is 0 Å². The van der Waals surface area contributed by atoms with E-state index >= 15 is 0 Å². The van der Waals surface area contributed by atoms with Crippen molar-refractivity contribution in [2.45, 2.75) is 38.6 Å². The first-order chi connectivity index (χ1) is 8.74. The van der Waals surface area contributed by atoms with Crippen molar-refractivity contribution in [3.63, 3.8) is 0 Å². The molecule has 98 valence electrons. The number of hydrogen-bond acceptors (Lipinski definition) is 1. The molecule has 1 aliphatic carbocycles. The fourth-order valence-electron chi connectivity index (χ4n) is 2.43. The van der Waals surface area contributed by atoms with E-state index in [-0.39, 0.29) is 11.9 Å². The van der Waals surface area contributed by atoms with Gasteiger partial charge in [0.2, 0.25) is 0 Å². The largest absolute Gasteiger partial charge is 0.306 e. The van der Waals surface area contributed by atoms with E-state index < -0.39 is 0 Å². The number of hydrogen-bond donors (Lipinski definition) is 1. The van der Waals surface area contributed by atoms with E-state index in [0.717, 1.165) is 31.4 Å². The Morgan fingerprint density at radius 3 is 2.94 bits per heavy atom. The molecule has 1 atom stereocenters. The topological polar surface area (TPSA) is 12.0 Å². The highest BCUT2D eigenvalue weighted by atomic mass is 79.9. The van der Waals surface area contributed by atoms with Gasteiger partial charge < -0.3 is 5.32 Å². The van der Waals surface area contributed by atoms with Crippen molar-refractivity contribution in [1.82, 2.24) is 5.32 Å². The zero-order valence-electron chi connectivity index (χ0n) is 10.7. The molecule has 3 heteroatoms. The van der Waals surface area contributed by atoms with Gasteiger partial charge in [-0.1, -0.05) is 30.7 Å². The molecule has 1 aromatic rings. The third-order valence-corrected chi connectivity index (χ3v) is 4.17. The second-order valence-corrected chi connectivity index (χ2v) is 5.49. The smallest absolute Gasteiger partial charge is 0.137 e. The van der Waals surface area contributed by atoms with Crippen LogP contribution in [0.1, 0.15) is 44.2 Å². The van der Waals surface area contributed by atoms with Gasteiger partial charge in [-0.2, -0.15) is 0 Å². The molecule has 0 saturated heterocycles. The molecule has 0 saturated carbocycles. The van der Waals surface area contributed by atoms with Crippen LogP contribution in [0.5, 0.6) is 0 Å². The molecule has 0 spiro atoms. The lowest BCUT2D eigenvalue weighted by molar-refractivity contribution is 0.565. The van der Waals surface area contributed by atoms with Crippen molar-refractivity contribution < 1.29 is 4.39 Å². The maximum atomic E-state index is 13.7. The molecule has 0 heterocycles. The highest BCUT2D eigenvalue weighted by Crippen LogP contribution is 2.35. The predicted octanol–water partition coefficient (Wildman–Crippen LogP) is 4.74. The first kappa shape index (κ1) is 13.8. The molecular formula is C15H19BrFN. The van der Waals surface area contributed by atoms with Gasteiger partial charge in [-0.25, -0.2) is 4.39 Å². The van der Waals surface area contributed by atoms with Crippen LogP contribution in [0.2, 0.25) is 0 Å². The summed E-state index contributed by atoms with van der Waals surface area (Å²) in [5, 5.41) is 3.53. The maximum Gasteiger partial charge on any atom is 0.137 e. The summed E-state index contributed by atoms with van der Waals surface area (Å²) in [5.74, 6) is -0.186. The average Bonchev–Trinajstić information content (AvgIpc) is 2.88. The Hall–Kier alpha value is -0.670. The average molecular weight is 312 g/mol. The van der Waals surface area contributed by atoms with Gasteiger partial charge in [0.05, 0.1) is 10.5 Å². The minimum Gasteiger partial charge on any atom is -0.306 e. The van der Waals surface area contributed by atoms with Crippen molar-refractivity contribution in [3.05, 3.63) is 45.7 Å². The Kier molecular flexibility index (Phi) is 4.95. The molecule has 1 aromatic carbocycles. The quantitative estimate of drug-likeness (QED) is 0.774. The summed E-state index contributed by atoms with van der Waals surface area (Å²) in [6, 6.07) is 5.43. The minimum atomic E-state index is -0.186. The standard InChI is InChI=1S/C15H19BrFN/c1-2-10-18-15(11-6-3-4-7-11)12-8-5-9-13(17)14(12)16/h5-6,8-9,15,18H,2-4,7,10H2,1H3. The van der Waals surface area contributed by atoms with Crippen LogP contribution < -0.4 is 5.32 Å². The van der Waals surface area contributed by atoms with Gasteiger partial charge in [-0.3, -0.25) is 0 Å². The summed E-state index contributed by atoms with van der Waals surface area (Å²) in [7, 11) is 0. The molecule has 0 radical (unpaired) electrons. The lowest BCUT2D eigenvalue weighted by Gasteiger charge is -2.22. The third kappa shape index (κ3) is 3.01. The molecule has 0 aromatic heterocycles. The summed E-state index contributed by atoms with van der Waals surface area (Å²) in [6.45, 7) is 3.10. The molecule has 18 heavy (non-hydrogen) atoms. The van der Waals surface area contributed by atoms with E-state index in [9.17, 15) is 4.39 Å². The molecule has 0 amide bonds. The van der Waals surface area contributed by atoms with E-state index in [1.807, 2.05) is 6.07 Å². The fourth-order valence-corrected chi connectivity index (χ4v) is 2.92. The Bertz CT molecular complexity index is 442. The number of benzene rings is 1. The van der Waals surface area contributed by atoms with Crippen molar-refractivity contribution in [2.75, 3.05) is 6.54 Å². The summed E-state index contributed by atoms with van der Waals surface area (Å²) < 4.78 is 14.2. The van der Waals surface area contributed by atoms with Crippen LogP contribution in [-0.2, 0) is 0 Å². The molecule has 1 N–H and O–H groups in total. The summed E-state index contributed by atoms with van der Waals surface area (Å²) in [6.07, 6.45) is 6.85. The number of allylic oxidation sites excluding steroid dienone is 1. The van der Waals surface area contributed by atoms with Gasteiger partial charge in [0.25, 0.3) is 0 Å². The zero-order chi connectivity index (χ0) is 13.0. The summed E-state index contributed by atoms with van der Waals surface area (Å²) in [4.78, 5) is 0. The van der Waals surface area contributed by atoms with Crippen LogP contribution in [0.25, 0.3) is 0 Å². The van der Waals surface area contributed by atoms with Crippen molar-refractivity contribution in [2.24, 2.45) is 0 Å². The highest BCUT2D eigenvalue weighted by Gasteiger charge is 2.21. The molecule has 2 rings (SSSR count). The fraction of sp³-hybridized carbons (Fsp3) is 0.467. The zero-order valence-corrected chi connectivity index (χ0v) is 12.3. The van der Waals surface area contributed by atoms with Gasteiger partial charge in [-0.05, 0) is 59.8 Å². The normalized spacial score (nSPS) is 16.7. The summed E-state index contributed by atoms with van der Waals surface area (Å²) >= 11 is 3.38. The SMILES string of the molecule is CCCNC(C1=CCCC1)c1cccc(F)c1Br. The molecular weight excluding hydrogens is 293 g/mol. The van der Waals surface area contributed by atoms with Gasteiger partial charge in [0, 0.05) is 0 Å². The van der Waals surface area contributed by atoms with E-state index in [4.69, 9.17) is 0 Å². The van der Waals surface area contributed by atoms with Crippen molar-refractivity contribution >= 4 is 15.9 Å². The number of rotatable bonds is 5. The van der Waals surface area contributed by atoms with E-state index in [1.165, 1.54) is 18.1 Å². The van der Waals surface area contributed by atoms with Crippen LogP contribution >= 0.6 is 15.9 Å². The van der Waals surface area contributed by atoms with Crippen LogP contribution in [0, 0.1) is 5.82 Å². The monoisotopic (exact) mass is 311 g/mol. The Balaban J connectivity index is 2.30. The first-order valence-electron chi connectivity index (χ1n) is 6.60. The maximum absolute atomic E-state index is 13.7. The van der Waals surface area contributed by atoms with Gasteiger partial charge >= 0.3 is 0 Å². The van der Waals surface area contributed by atoms with E-state index in [0.29, 0.717) is 4.47 Å². The Morgan fingerprint density at radius 1 is 1.44 bits per heavy atom. The first-order valence-corrected chi connectivity index (χ1v) is 7.39. The van der Waals surface area contributed by atoms with Gasteiger partial charge in [-0.15, -0.1) is 0 Å². The van der Waals surface area contributed by atoms with Gasteiger partial charge in [0.1, 0.15) is 5.82 Å². The molecule has 0 bridgehead atoms. The lowest BCUT2D eigenvalue weighted by Crippen LogP contribution is -2.24. The molecule has 1 aliphatic rings. The Morgan fingerprint density at radius 2 is 2.28 bits per heavy atom. The van der Waals surface area contributed by atoms with Crippen LogP contribution in [0.3, 0.4) is 0 Å². The predicted molar refractivity (Wildman–Crippen MR) is 77.1 cm³/mol. The molecule has 0 aliphatic heterocycles. The lowest BCUT2D eigenvalue weighted by atomic mass is 9.98.